The molecule has 0 heterocycles. The number of carbonyl (C=O) groups is 7. The molecule has 0 aromatic heterocycles. The van der Waals surface area contributed by atoms with Gasteiger partial charge in [0.1, 0.15) is 24.7 Å². The van der Waals surface area contributed by atoms with Crippen molar-refractivity contribution in [3.8, 4) is 0 Å². The van der Waals surface area contributed by atoms with Crippen molar-refractivity contribution in [1.82, 2.24) is 16.0 Å². The molecule has 0 saturated heterocycles. The Hall–Kier alpha value is -3.40. The van der Waals surface area contributed by atoms with Gasteiger partial charge in [-0.3, -0.25) is 28.8 Å². The van der Waals surface area contributed by atoms with E-state index in [1.807, 2.05) is 6.92 Å². The maximum Gasteiger partial charge on any atom is 0.329 e. The first-order valence-electron chi connectivity index (χ1n) is 12.4. The van der Waals surface area contributed by atoms with Crippen LogP contribution in [0.3, 0.4) is 0 Å². The molecule has 0 aromatic carbocycles. The number of aliphatic carboxylic acids is 2. The topological polar surface area (TPSA) is 257 Å². The molecule has 16 heteroatoms. The van der Waals surface area contributed by atoms with Crippen LogP contribution in [0.15, 0.2) is 0 Å². The summed E-state index contributed by atoms with van der Waals surface area (Å²) >= 11 is 0.867. The van der Waals surface area contributed by atoms with Gasteiger partial charge in [-0.15, -0.1) is 0 Å². The Kier molecular flexibility index (Phi) is 17.9. The van der Waals surface area contributed by atoms with Gasteiger partial charge in [-0.1, -0.05) is 26.2 Å². The lowest BCUT2D eigenvalue weighted by molar-refractivity contribution is -0.158. The van der Waals surface area contributed by atoms with E-state index in [2.05, 4.69) is 16.0 Å². The van der Waals surface area contributed by atoms with Gasteiger partial charge in [0, 0.05) is 24.3 Å². The van der Waals surface area contributed by atoms with Crippen molar-refractivity contribution in [2.24, 2.45) is 11.5 Å². The normalized spacial score (nSPS) is 13.7. The first kappa shape index (κ1) is 35.6. The third-order valence-corrected chi connectivity index (χ3v) is 6.29. The molecule has 0 unspecified atom stereocenters. The van der Waals surface area contributed by atoms with Crippen LogP contribution in [-0.2, 0) is 38.3 Å². The first-order chi connectivity index (χ1) is 18.3. The Morgan fingerprint density at radius 3 is 2.15 bits per heavy atom. The van der Waals surface area contributed by atoms with Gasteiger partial charge in [-0.05, 0) is 19.8 Å². The second kappa shape index (κ2) is 19.6. The minimum absolute atomic E-state index is 0.146. The lowest BCUT2D eigenvalue weighted by Crippen LogP contribution is -2.52. The minimum Gasteiger partial charge on any atom is -0.480 e. The van der Waals surface area contributed by atoms with Crippen molar-refractivity contribution in [2.75, 3.05) is 18.1 Å². The van der Waals surface area contributed by atoms with E-state index in [9.17, 15) is 33.6 Å². The maximum atomic E-state index is 12.9. The predicted molar refractivity (Wildman–Crippen MR) is 140 cm³/mol. The van der Waals surface area contributed by atoms with Gasteiger partial charge in [-0.25, -0.2) is 4.79 Å². The number of unbranched alkanes of at least 4 members (excludes halogenated alkanes) is 3. The van der Waals surface area contributed by atoms with Gasteiger partial charge in [0.25, 0.3) is 5.91 Å². The van der Waals surface area contributed by atoms with Crippen molar-refractivity contribution in [3.05, 3.63) is 0 Å². The van der Waals surface area contributed by atoms with Gasteiger partial charge in [-0.2, -0.15) is 11.8 Å². The van der Waals surface area contributed by atoms with Crippen molar-refractivity contribution in [2.45, 2.75) is 83.0 Å². The number of rotatable bonds is 21. The largest absolute Gasteiger partial charge is 0.480 e. The van der Waals surface area contributed by atoms with Crippen LogP contribution in [0, 0.1) is 0 Å². The highest BCUT2D eigenvalue weighted by Crippen LogP contribution is 2.11. The number of hydrogen-bond acceptors (Lipinski definition) is 10. The number of primary amides is 1. The Morgan fingerprint density at radius 2 is 1.59 bits per heavy atom. The zero-order valence-corrected chi connectivity index (χ0v) is 22.9. The van der Waals surface area contributed by atoms with Crippen LogP contribution >= 0.6 is 11.8 Å². The summed E-state index contributed by atoms with van der Waals surface area (Å²) in [5, 5.41) is 24.7. The molecule has 0 rings (SSSR count). The molecule has 0 spiro atoms. The number of carbonyl (C=O) groups excluding carboxylic acids is 5. The quantitative estimate of drug-likeness (QED) is 0.0605. The van der Waals surface area contributed by atoms with Crippen LogP contribution < -0.4 is 27.4 Å². The van der Waals surface area contributed by atoms with E-state index in [4.69, 9.17) is 26.4 Å². The van der Waals surface area contributed by atoms with E-state index in [0.717, 1.165) is 31.0 Å². The van der Waals surface area contributed by atoms with Crippen LogP contribution in [0.4, 0.5) is 0 Å². The van der Waals surface area contributed by atoms with Gasteiger partial charge >= 0.3 is 17.9 Å². The number of esters is 1. The zero-order chi connectivity index (χ0) is 30.0. The van der Waals surface area contributed by atoms with Gasteiger partial charge in [0.15, 0.2) is 6.10 Å². The molecule has 4 atom stereocenters. The standard InChI is InChI=1S/C23H39N5O10S/c1-3-4-5-6-7-18(30)27-13(2)20(33)28-15(8-9-17(25)29)23(37)38-16(21(34)26-10-19(31)32)12-39-11-14(24)22(35)36/h13-16H,3-12,24H2,1-2H3,(H2,25,29)(H,26,34)(H,27,30)(H,28,33)(H,31,32)(H,35,36)/t13-,14-,15+,16+/m0/s1. The Balaban J connectivity index is 5.38. The fourth-order valence-corrected chi connectivity index (χ4v) is 3.93. The van der Waals surface area contributed by atoms with Crippen molar-refractivity contribution in [3.63, 3.8) is 0 Å². The fourth-order valence-electron chi connectivity index (χ4n) is 2.96. The average Bonchev–Trinajstić information content (AvgIpc) is 2.86. The molecule has 0 aliphatic carbocycles. The summed E-state index contributed by atoms with van der Waals surface area (Å²) in [4.78, 5) is 83.1. The number of hydrogen-bond donors (Lipinski definition) is 7. The molecule has 222 valence electrons. The second-order valence-corrected chi connectivity index (χ2v) is 9.76. The number of carboxylic acid groups (broad SMARTS) is 2. The molecule has 0 bridgehead atoms. The van der Waals surface area contributed by atoms with Crippen LogP contribution in [-0.4, -0.2) is 94.0 Å². The van der Waals surface area contributed by atoms with Crippen molar-refractivity contribution >= 4 is 53.3 Å². The molecule has 4 amide bonds. The lowest BCUT2D eigenvalue weighted by atomic mass is 10.1. The molecule has 0 aliphatic heterocycles. The number of ether oxygens (including phenoxy) is 1. The van der Waals surface area contributed by atoms with Gasteiger partial charge in [0.05, 0.1) is 0 Å². The summed E-state index contributed by atoms with van der Waals surface area (Å²) < 4.78 is 5.21. The van der Waals surface area contributed by atoms with Crippen molar-refractivity contribution < 1.29 is 48.5 Å². The van der Waals surface area contributed by atoms with Crippen molar-refractivity contribution in [1.29, 1.82) is 0 Å². The van der Waals surface area contributed by atoms with Crippen LogP contribution in [0.5, 0.6) is 0 Å². The summed E-state index contributed by atoms with van der Waals surface area (Å²) in [6.45, 7) is 2.66. The van der Waals surface area contributed by atoms with Crippen LogP contribution in [0.2, 0.25) is 0 Å². The third-order valence-electron chi connectivity index (χ3n) is 5.16. The van der Waals surface area contributed by atoms with E-state index >= 15 is 0 Å². The molecule has 0 fully saturated rings. The SMILES string of the molecule is CCCCCCC(=O)N[C@@H](C)C(=O)N[C@H](CCC(N)=O)C(=O)O[C@H](CSC[C@H](N)C(=O)O)C(=O)NCC(=O)O. The minimum atomic E-state index is -1.57. The monoisotopic (exact) mass is 577 g/mol. The number of carboxylic acids is 2. The maximum absolute atomic E-state index is 12.9. The third kappa shape index (κ3) is 16.9. The molecule has 0 aromatic rings. The second-order valence-electron chi connectivity index (χ2n) is 8.69. The highest BCUT2D eigenvalue weighted by atomic mass is 32.2. The number of nitrogens with one attached hydrogen (secondary N) is 3. The van der Waals surface area contributed by atoms with Crippen LogP contribution in [0.25, 0.3) is 0 Å². The van der Waals surface area contributed by atoms with E-state index in [0.29, 0.717) is 6.42 Å². The number of thioether (sulfide) groups is 1. The number of amides is 4. The summed E-state index contributed by atoms with van der Waals surface area (Å²) in [6, 6.07) is -3.73. The Morgan fingerprint density at radius 1 is 0.923 bits per heavy atom. The molecule has 15 nitrogen and oxygen atoms in total. The average molecular weight is 578 g/mol. The molecule has 9 N–H and O–H groups in total. The molecule has 0 saturated carbocycles. The lowest BCUT2D eigenvalue weighted by Gasteiger charge is -2.23. The smallest absolute Gasteiger partial charge is 0.329 e. The zero-order valence-electron chi connectivity index (χ0n) is 22.1. The first-order valence-corrected chi connectivity index (χ1v) is 13.6. The van der Waals surface area contributed by atoms with Gasteiger partial charge < -0.3 is 42.4 Å². The fraction of sp³-hybridized carbons (Fsp3) is 0.696. The molecular weight excluding hydrogens is 538 g/mol. The van der Waals surface area contributed by atoms with E-state index in [1.165, 1.54) is 6.92 Å². The van der Waals surface area contributed by atoms with Gasteiger partial charge in [0.2, 0.25) is 17.7 Å². The summed E-state index contributed by atoms with van der Waals surface area (Å²) in [5.41, 5.74) is 10.6. The molecule has 39 heavy (non-hydrogen) atoms. The summed E-state index contributed by atoms with van der Waals surface area (Å²) in [7, 11) is 0. The highest BCUT2D eigenvalue weighted by molar-refractivity contribution is 7.99. The van der Waals surface area contributed by atoms with Crippen LogP contribution in [0.1, 0.15) is 58.8 Å². The molecule has 0 radical (unpaired) electrons. The van der Waals surface area contributed by atoms with E-state index < -0.39 is 66.4 Å². The Bertz CT molecular complexity index is 872. The summed E-state index contributed by atoms with van der Waals surface area (Å²) in [5.74, 6) is -7.05. The molecular formula is C23H39N5O10S. The summed E-state index contributed by atoms with van der Waals surface area (Å²) in [6.07, 6.45) is 1.55. The molecule has 0 aliphatic rings. The Labute approximate surface area is 230 Å². The highest BCUT2D eigenvalue weighted by Gasteiger charge is 2.31. The predicted octanol–water partition coefficient (Wildman–Crippen LogP) is -1.53. The number of nitrogens with two attached hydrogens (primary N) is 2. The van der Waals surface area contributed by atoms with E-state index in [1.54, 1.807) is 0 Å². The van der Waals surface area contributed by atoms with E-state index in [-0.39, 0.29) is 36.7 Å².